The van der Waals surface area contributed by atoms with Crippen molar-refractivity contribution in [2.24, 2.45) is 0 Å². The van der Waals surface area contributed by atoms with Crippen LogP contribution in [0, 0.1) is 6.92 Å². The molecule has 0 aliphatic carbocycles. The van der Waals surface area contributed by atoms with Gasteiger partial charge in [0.05, 0.1) is 0 Å². The van der Waals surface area contributed by atoms with Gasteiger partial charge in [0.1, 0.15) is 12.4 Å². The molecule has 0 aliphatic heterocycles. The van der Waals surface area contributed by atoms with E-state index in [2.05, 4.69) is 68.4 Å². The highest BCUT2D eigenvalue weighted by molar-refractivity contribution is 5.33. The Bertz CT molecular complexity index is 546. The molecule has 0 heterocycles. The van der Waals surface area contributed by atoms with Gasteiger partial charge in [-0.1, -0.05) is 48.0 Å². The Balaban J connectivity index is 1.94. The molecular formula is C19H25NO. The number of ether oxygens (including phenoxy) is 1. The van der Waals surface area contributed by atoms with Crippen LogP contribution in [0.1, 0.15) is 23.1 Å². The summed E-state index contributed by atoms with van der Waals surface area (Å²) in [5.74, 6) is 1.01. The van der Waals surface area contributed by atoms with Gasteiger partial charge in [-0.15, -0.1) is 0 Å². The number of aryl methyl sites for hydroxylation is 2. The number of hydrogen-bond donors (Lipinski definition) is 0. The van der Waals surface area contributed by atoms with Gasteiger partial charge in [-0.2, -0.15) is 0 Å². The molecule has 0 saturated heterocycles. The van der Waals surface area contributed by atoms with Gasteiger partial charge in [0.2, 0.25) is 0 Å². The van der Waals surface area contributed by atoms with Gasteiger partial charge in [-0.05, 0) is 57.6 Å². The first-order chi connectivity index (χ1) is 10.1. The third-order valence-electron chi connectivity index (χ3n) is 3.54. The van der Waals surface area contributed by atoms with Crippen molar-refractivity contribution in [1.82, 2.24) is 4.90 Å². The molecule has 0 amide bonds. The minimum Gasteiger partial charge on any atom is -0.489 e. The van der Waals surface area contributed by atoms with Crippen LogP contribution in [-0.2, 0) is 13.0 Å². The van der Waals surface area contributed by atoms with Crippen LogP contribution in [0.5, 0.6) is 5.75 Å². The van der Waals surface area contributed by atoms with Crippen LogP contribution in [0.3, 0.4) is 0 Å². The molecular weight excluding hydrogens is 258 g/mol. The fourth-order valence-electron chi connectivity index (χ4n) is 2.28. The average molecular weight is 283 g/mol. The summed E-state index contributed by atoms with van der Waals surface area (Å²) < 4.78 is 6.01. The van der Waals surface area contributed by atoms with Crippen molar-refractivity contribution >= 4 is 0 Å². The van der Waals surface area contributed by atoms with Crippen LogP contribution in [0.2, 0.25) is 0 Å². The van der Waals surface area contributed by atoms with Crippen LogP contribution in [-0.4, -0.2) is 25.5 Å². The van der Waals surface area contributed by atoms with Crippen LogP contribution >= 0.6 is 0 Å². The van der Waals surface area contributed by atoms with Crippen molar-refractivity contribution < 1.29 is 4.74 Å². The second kappa shape index (κ2) is 7.84. The minimum absolute atomic E-state index is 0.630. The molecule has 0 aromatic heterocycles. The molecule has 2 aromatic rings. The van der Waals surface area contributed by atoms with Gasteiger partial charge in [0.25, 0.3) is 0 Å². The monoisotopic (exact) mass is 283 g/mol. The number of benzene rings is 2. The maximum absolute atomic E-state index is 6.01. The second-order valence-corrected chi connectivity index (χ2v) is 5.79. The topological polar surface area (TPSA) is 12.5 Å². The van der Waals surface area contributed by atoms with Crippen molar-refractivity contribution in [1.29, 1.82) is 0 Å². The lowest BCUT2D eigenvalue weighted by molar-refractivity contribution is 0.302. The lowest BCUT2D eigenvalue weighted by atomic mass is 10.1. The van der Waals surface area contributed by atoms with E-state index in [-0.39, 0.29) is 0 Å². The summed E-state index contributed by atoms with van der Waals surface area (Å²) in [7, 11) is 4.22. The van der Waals surface area contributed by atoms with Crippen LogP contribution < -0.4 is 4.74 Å². The summed E-state index contributed by atoms with van der Waals surface area (Å²) >= 11 is 0. The molecule has 112 valence electrons. The van der Waals surface area contributed by atoms with E-state index >= 15 is 0 Å². The standard InChI is InChI=1S/C19H25NO/c1-16-10-12-17(13-11-16)15-21-19-9-5-4-7-18(19)8-6-14-20(2)3/h4-5,7,9-13H,6,8,14-15H2,1-3H3. The molecule has 2 rings (SSSR count). The highest BCUT2D eigenvalue weighted by atomic mass is 16.5. The Morgan fingerprint density at radius 3 is 2.38 bits per heavy atom. The van der Waals surface area contributed by atoms with E-state index in [1.54, 1.807) is 0 Å². The molecule has 21 heavy (non-hydrogen) atoms. The van der Waals surface area contributed by atoms with Crippen LogP contribution in [0.4, 0.5) is 0 Å². The molecule has 0 spiro atoms. The molecule has 0 fully saturated rings. The third-order valence-corrected chi connectivity index (χ3v) is 3.54. The summed E-state index contributed by atoms with van der Waals surface area (Å²) in [5.41, 5.74) is 3.79. The molecule has 0 N–H and O–H groups in total. The summed E-state index contributed by atoms with van der Waals surface area (Å²) in [6.45, 7) is 3.84. The first-order valence-corrected chi connectivity index (χ1v) is 7.56. The summed E-state index contributed by atoms with van der Waals surface area (Å²) in [4.78, 5) is 2.22. The number of para-hydroxylation sites is 1. The summed E-state index contributed by atoms with van der Waals surface area (Å²) in [6.07, 6.45) is 2.21. The Morgan fingerprint density at radius 2 is 1.67 bits per heavy atom. The molecule has 0 saturated carbocycles. The molecule has 0 aliphatic rings. The van der Waals surface area contributed by atoms with Gasteiger partial charge >= 0.3 is 0 Å². The second-order valence-electron chi connectivity index (χ2n) is 5.79. The van der Waals surface area contributed by atoms with Crippen molar-refractivity contribution in [2.75, 3.05) is 20.6 Å². The lowest BCUT2D eigenvalue weighted by Gasteiger charge is -2.13. The predicted molar refractivity (Wildman–Crippen MR) is 88.8 cm³/mol. The molecule has 0 bridgehead atoms. The SMILES string of the molecule is Cc1ccc(COc2ccccc2CCCN(C)C)cc1. The average Bonchev–Trinajstić information content (AvgIpc) is 2.47. The molecule has 0 radical (unpaired) electrons. The predicted octanol–water partition coefficient (Wildman–Crippen LogP) is 4.07. The van der Waals surface area contributed by atoms with Gasteiger partial charge in [-0.25, -0.2) is 0 Å². The van der Waals surface area contributed by atoms with Gasteiger partial charge in [-0.3, -0.25) is 0 Å². The first kappa shape index (κ1) is 15.6. The molecule has 0 unspecified atom stereocenters. The van der Waals surface area contributed by atoms with Crippen molar-refractivity contribution in [3.05, 3.63) is 65.2 Å². The normalized spacial score (nSPS) is 10.9. The van der Waals surface area contributed by atoms with E-state index in [4.69, 9.17) is 4.74 Å². The highest BCUT2D eigenvalue weighted by Crippen LogP contribution is 2.21. The first-order valence-electron chi connectivity index (χ1n) is 7.56. The molecule has 2 nitrogen and oxygen atoms in total. The van der Waals surface area contributed by atoms with E-state index in [0.29, 0.717) is 6.61 Å². The van der Waals surface area contributed by atoms with Gasteiger partial charge in [0.15, 0.2) is 0 Å². The zero-order valence-corrected chi connectivity index (χ0v) is 13.3. The Hall–Kier alpha value is -1.80. The van der Waals surface area contributed by atoms with Gasteiger partial charge in [0, 0.05) is 0 Å². The Morgan fingerprint density at radius 1 is 0.952 bits per heavy atom. The maximum atomic E-state index is 6.01. The van der Waals surface area contributed by atoms with Crippen molar-refractivity contribution in [2.45, 2.75) is 26.4 Å². The smallest absolute Gasteiger partial charge is 0.122 e. The van der Waals surface area contributed by atoms with Gasteiger partial charge < -0.3 is 9.64 Å². The summed E-state index contributed by atoms with van der Waals surface area (Å²) in [5, 5.41) is 0. The van der Waals surface area contributed by atoms with Crippen molar-refractivity contribution in [3.63, 3.8) is 0 Å². The highest BCUT2D eigenvalue weighted by Gasteiger charge is 2.04. The van der Waals surface area contributed by atoms with E-state index in [1.807, 2.05) is 6.07 Å². The molecule has 2 aromatic carbocycles. The van der Waals surface area contributed by atoms with E-state index in [9.17, 15) is 0 Å². The van der Waals surface area contributed by atoms with Crippen LogP contribution in [0.25, 0.3) is 0 Å². The fourth-order valence-corrected chi connectivity index (χ4v) is 2.28. The Kier molecular flexibility index (Phi) is 5.82. The minimum atomic E-state index is 0.630. The number of hydrogen-bond acceptors (Lipinski definition) is 2. The number of nitrogens with zero attached hydrogens (tertiary/aromatic N) is 1. The lowest BCUT2D eigenvalue weighted by Crippen LogP contribution is -2.13. The molecule has 0 atom stereocenters. The van der Waals surface area contributed by atoms with Crippen molar-refractivity contribution in [3.8, 4) is 5.75 Å². The zero-order chi connectivity index (χ0) is 15.1. The van der Waals surface area contributed by atoms with Crippen LogP contribution in [0.15, 0.2) is 48.5 Å². The maximum Gasteiger partial charge on any atom is 0.122 e. The molecule has 2 heteroatoms. The van der Waals surface area contributed by atoms with E-state index in [1.165, 1.54) is 16.7 Å². The number of rotatable bonds is 7. The zero-order valence-electron chi connectivity index (χ0n) is 13.3. The third kappa shape index (κ3) is 5.24. The Labute approximate surface area is 128 Å². The van der Waals surface area contributed by atoms with E-state index < -0.39 is 0 Å². The van der Waals surface area contributed by atoms with E-state index in [0.717, 1.165) is 25.1 Å². The largest absolute Gasteiger partial charge is 0.489 e. The summed E-state index contributed by atoms with van der Waals surface area (Å²) in [6, 6.07) is 16.9. The fraction of sp³-hybridized carbons (Fsp3) is 0.368. The quantitative estimate of drug-likeness (QED) is 0.759.